The number of alkyl halides is 2. The molecule has 1 amide bonds. The number of carbonyl (C=O) groups excluding carboxylic acids is 1. The lowest BCUT2D eigenvalue weighted by Gasteiger charge is -2.41. The number of piperidine rings is 1. The second kappa shape index (κ2) is 8.59. The van der Waals surface area contributed by atoms with Crippen LogP contribution in [0.15, 0.2) is 41.5 Å². The molecule has 0 radical (unpaired) electrons. The highest BCUT2D eigenvalue weighted by molar-refractivity contribution is 5.93. The molecule has 1 aliphatic heterocycles. The Kier molecular flexibility index (Phi) is 6.30. The zero-order chi connectivity index (χ0) is 22.1. The number of amides is 1. The zero-order valence-electron chi connectivity index (χ0n) is 17.1. The van der Waals surface area contributed by atoms with Crippen molar-refractivity contribution in [2.24, 2.45) is 0 Å². The fraction of sp³-hybridized carbons (Fsp3) is 0.476. The predicted octanol–water partition coefficient (Wildman–Crippen LogP) is 3.42. The van der Waals surface area contributed by atoms with E-state index in [-0.39, 0.29) is 30.5 Å². The normalized spacial score (nSPS) is 20.2. The molecular formula is C21H25F3N4O2. The number of aromatic nitrogens is 2. The minimum absolute atomic E-state index is 0.0330. The topological polar surface area (TPSA) is 67.2 Å². The van der Waals surface area contributed by atoms with Crippen molar-refractivity contribution in [1.29, 1.82) is 0 Å². The number of hydrogen-bond donors (Lipinski definition) is 1. The first-order valence-electron chi connectivity index (χ1n) is 9.85. The zero-order valence-corrected chi connectivity index (χ0v) is 17.1. The van der Waals surface area contributed by atoms with Gasteiger partial charge in [-0.25, -0.2) is 18.2 Å². The summed E-state index contributed by atoms with van der Waals surface area (Å²) in [5, 5.41) is 2.58. The molecule has 0 aromatic carbocycles. The molecule has 0 spiro atoms. The molecule has 0 bridgehead atoms. The maximum atomic E-state index is 14.8. The van der Waals surface area contributed by atoms with Gasteiger partial charge in [-0.1, -0.05) is 6.07 Å². The van der Waals surface area contributed by atoms with Crippen molar-refractivity contribution < 1.29 is 18.0 Å². The van der Waals surface area contributed by atoms with Crippen LogP contribution >= 0.6 is 0 Å². The van der Waals surface area contributed by atoms with E-state index >= 15 is 0 Å². The molecule has 162 valence electrons. The third-order valence-corrected chi connectivity index (χ3v) is 5.48. The predicted molar refractivity (Wildman–Crippen MR) is 107 cm³/mol. The second-order valence-electron chi connectivity index (χ2n) is 7.89. The van der Waals surface area contributed by atoms with Gasteiger partial charge in [-0.2, -0.15) is 0 Å². The van der Waals surface area contributed by atoms with Crippen LogP contribution in [0.3, 0.4) is 0 Å². The van der Waals surface area contributed by atoms with E-state index in [1.165, 1.54) is 35.0 Å². The van der Waals surface area contributed by atoms with Crippen molar-refractivity contribution >= 4 is 11.7 Å². The smallest absolute Gasteiger partial charge is 0.257 e. The quantitative estimate of drug-likeness (QED) is 0.802. The van der Waals surface area contributed by atoms with Crippen LogP contribution in [0, 0.1) is 5.82 Å². The standard InChI is InChI=1S/C21H25F3N4O2/c1-13(2)28-11-15(4-7-19(28)29)17-12-27(9-8-21(17,23)24)14(3)20(30)26-18-6-5-16(22)10-25-18/h4-7,10-11,13-14,17H,8-9,12H2,1-3H3,(H,25,26,30). The van der Waals surface area contributed by atoms with Crippen molar-refractivity contribution in [2.75, 3.05) is 18.4 Å². The highest BCUT2D eigenvalue weighted by Crippen LogP contribution is 2.40. The largest absolute Gasteiger partial charge is 0.313 e. The summed E-state index contributed by atoms with van der Waals surface area (Å²) < 4.78 is 43.9. The molecule has 6 nitrogen and oxygen atoms in total. The Morgan fingerprint density at radius 3 is 2.60 bits per heavy atom. The molecule has 1 aliphatic rings. The van der Waals surface area contributed by atoms with E-state index in [4.69, 9.17) is 0 Å². The van der Waals surface area contributed by atoms with Gasteiger partial charge in [0.1, 0.15) is 11.6 Å². The fourth-order valence-corrected chi connectivity index (χ4v) is 3.60. The maximum absolute atomic E-state index is 14.8. The molecule has 0 saturated carbocycles. The van der Waals surface area contributed by atoms with Crippen LogP contribution in [0.1, 0.15) is 44.7 Å². The van der Waals surface area contributed by atoms with Gasteiger partial charge in [0.05, 0.1) is 18.2 Å². The molecule has 1 saturated heterocycles. The number of anilines is 1. The first kappa shape index (κ1) is 22.0. The fourth-order valence-electron chi connectivity index (χ4n) is 3.60. The number of pyridine rings is 2. The lowest BCUT2D eigenvalue weighted by atomic mass is 9.87. The molecule has 0 aliphatic carbocycles. The van der Waals surface area contributed by atoms with Gasteiger partial charge in [0, 0.05) is 37.8 Å². The van der Waals surface area contributed by atoms with Crippen molar-refractivity contribution in [2.45, 2.75) is 51.1 Å². The van der Waals surface area contributed by atoms with Gasteiger partial charge in [-0.3, -0.25) is 14.5 Å². The Balaban J connectivity index is 1.78. The summed E-state index contributed by atoms with van der Waals surface area (Å²) in [6, 6.07) is 4.42. The number of likely N-dealkylation sites (tertiary alicyclic amines) is 1. The summed E-state index contributed by atoms with van der Waals surface area (Å²) in [7, 11) is 0. The molecule has 3 rings (SSSR count). The number of rotatable bonds is 5. The van der Waals surface area contributed by atoms with Gasteiger partial charge in [0.25, 0.3) is 11.5 Å². The number of nitrogens with one attached hydrogen (secondary N) is 1. The van der Waals surface area contributed by atoms with E-state index in [1.54, 1.807) is 11.8 Å². The van der Waals surface area contributed by atoms with Crippen LogP contribution in [0.25, 0.3) is 0 Å². The van der Waals surface area contributed by atoms with Gasteiger partial charge in [0.2, 0.25) is 5.91 Å². The molecule has 2 atom stereocenters. The first-order chi connectivity index (χ1) is 14.1. The lowest BCUT2D eigenvalue weighted by molar-refractivity contribution is -0.125. The number of carbonyl (C=O) groups is 1. The average Bonchev–Trinajstić information content (AvgIpc) is 2.69. The van der Waals surface area contributed by atoms with Crippen LogP contribution in [-0.2, 0) is 4.79 Å². The molecule has 30 heavy (non-hydrogen) atoms. The summed E-state index contributed by atoms with van der Waals surface area (Å²) in [5.74, 6) is -4.84. The van der Waals surface area contributed by atoms with Gasteiger partial charge >= 0.3 is 0 Å². The summed E-state index contributed by atoms with van der Waals surface area (Å²) in [4.78, 5) is 30.0. The average molecular weight is 422 g/mol. The molecule has 1 fully saturated rings. The molecule has 2 aromatic heterocycles. The summed E-state index contributed by atoms with van der Waals surface area (Å²) in [6.45, 7) is 5.28. The van der Waals surface area contributed by atoms with Crippen LogP contribution in [0.5, 0.6) is 0 Å². The van der Waals surface area contributed by atoms with Crippen LogP contribution < -0.4 is 10.9 Å². The van der Waals surface area contributed by atoms with Gasteiger partial charge < -0.3 is 9.88 Å². The monoisotopic (exact) mass is 422 g/mol. The number of nitrogens with zero attached hydrogens (tertiary/aromatic N) is 3. The highest BCUT2D eigenvalue weighted by Gasteiger charge is 2.46. The Morgan fingerprint density at radius 1 is 1.23 bits per heavy atom. The van der Waals surface area contributed by atoms with Gasteiger partial charge in [-0.05, 0) is 38.5 Å². The second-order valence-corrected chi connectivity index (χ2v) is 7.89. The van der Waals surface area contributed by atoms with E-state index in [0.29, 0.717) is 5.56 Å². The minimum Gasteiger partial charge on any atom is -0.313 e. The molecular weight excluding hydrogens is 397 g/mol. The Bertz CT molecular complexity index is 959. The van der Waals surface area contributed by atoms with Crippen molar-refractivity contribution in [3.05, 3.63) is 58.4 Å². The first-order valence-corrected chi connectivity index (χ1v) is 9.85. The van der Waals surface area contributed by atoms with E-state index in [2.05, 4.69) is 10.3 Å². The van der Waals surface area contributed by atoms with E-state index in [9.17, 15) is 22.8 Å². The maximum Gasteiger partial charge on any atom is 0.257 e. The van der Waals surface area contributed by atoms with Crippen LogP contribution in [0.2, 0.25) is 0 Å². The molecule has 2 unspecified atom stereocenters. The molecule has 2 aromatic rings. The van der Waals surface area contributed by atoms with Gasteiger partial charge in [0.15, 0.2) is 0 Å². The minimum atomic E-state index is -2.95. The van der Waals surface area contributed by atoms with Crippen LogP contribution in [-0.4, -0.2) is 45.4 Å². The van der Waals surface area contributed by atoms with Crippen LogP contribution in [0.4, 0.5) is 19.0 Å². The highest BCUT2D eigenvalue weighted by atomic mass is 19.3. The Hall–Kier alpha value is -2.68. The Labute approximate surface area is 172 Å². The van der Waals surface area contributed by atoms with E-state index in [0.717, 1.165) is 6.20 Å². The molecule has 1 N–H and O–H groups in total. The summed E-state index contributed by atoms with van der Waals surface area (Å²) in [5.41, 5.74) is 0.120. The number of halogens is 3. The van der Waals surface area contributed by atoms with E-state index in [1.807, 2.05) is 13.8 Å². The molecule has 9 heteroatoms. The van der Waals surface area contributed by atoms with Crippen molar-refractivity contribution in [3.8, 4) is 0 Å². The van der Waals surface area contributed by atoms with Crippen molar-refractivity contribution in [3.63, 3.8) is 0 Å². The number of hydrogen-bond acceptors (Lipinski definition) is 4. The van der Waals surface area contributed by atoms with E-state index < -0.39 is 36.0 Å². The molecule has 3 heterocycles. The SMILES string of the molecule is CC(C(=O)Nc1ccc(F)cn1)N1CCC(F)(F)C(c2ccc(=O)n(C(C)C)c2)C1. The van der Waals surface area contributed by atoms with Gasteiger partial charge in [-0.15, -0.1) is 0 Å². The lowest BCUT2D eigenvalue weighted by Crippen LogP contribution is -2.52. The summed E-state index contributed by atoms with van der Waals surface area (Å²) in [6.07, 6.45) is 2.08. The third kappa shape index (κ3) is 4.72. The third-order valence-electron chi connectivity index (χ3n) is 5.48. The summed E-state index contributed by atoms with van der Waals surface area (Å²) >= 11 is 0. The Morgan fingerprint density at radius 2 is 1.97 bits per heavy atom. The van der Waals surface area contributed by atoms with Crippen molar-refractivity contribution in [1.82, 2.24) is 14.5 Å².